The van der Waals surface area contributed by atoms with E-state index in [9.17, 15) is 9.18 Å². The van der Waals surface area contributed by atoms with Gasteiger partial charge in [0.1, 0.15) is 11.4 Å². The number of carbonyl (C=O) groups is 1. The Hall–Kier alpha value is -2.63. The molecule has 0 aliphatic rings. The van der Waals surface area contributed by atoms with E-state index in [4.69, 9.17) is 9.63 Å². The summed E-state index contributed by atoms with van der Waals surface area (Å²) in [6.45, 7) is 1.77. The predicted octanol–water partition coefficient (Wildman–Crippen LogP) is 2.97. The molecule has 3 rings (SSSR count). The molecule has 2 aromatic heterocycles. The van der Waals surface area contributed by atoms with Crippen LogP contribution in [0.25, 0.3) is 22.2 Å². The van der Waals surface area contributed by atoms with Crippen LogP contribution in [0.4, 0.5) is 4.39 Å². The number of carboxylic acids is 1. The zero-order valence-corrected chi connectivity index (χ0v) is 9.90. The smallest absolute Gasteiger partial charge is 0.341 e. The van der Waals surface area contributed by atoms with Gasteiger partial charge in [0.15, 0.2) is 5.76 Å². The number of halogens is 1. The molecule has 2 N–H and O–H groups in total. The van der Waals surface area contributed by atoms with Gasteiger partial charge >= 0.3 is 5.97 Å². The van der Waals surface area contributed by atoms with E-state index in [1.165, 1.54) is 12.1 Å². The molecule has 0 radical (unpaired) electrons. The van der Waals surface area contributed by atoms with E-state index in [0.717, 1.165) is 6.20 Å². The Morgan fingerprint density at radius 1 is 1.47 bits per heavy atom. The number of carboxylic acid groups (broad SMARTS) is 1. The second-order valence-electron chi connectivity index (χ2n) is 4.19. The zero-order valence-electron chi connectivity index (χ0n) is 9.90. The number of fused-ring (bicyclic) bond motifs is 1. The summed E-state index contributed by atoms with van der Waals surface area (Å²) in [5, 5.41) is 13.3. The molecule has 0 bridgehead atoms. The van der Waals surface area contributed by atoms with Crippen molar-refractivity contribution in [2.45, 2.75) is 6.92 Å². The van der Waals surface area contributed by atoms with Gasteiger partial charge in [-0.25, -0.2) is 9.18 Å². The molecule has 96 valence electrons. The van der Waals surface area contributed by atoms with E-state index in [2.05, 4.69) is 10.1 Å². The van der Waals surface area contributed by atoms with Gasteiger partial charge in [-0.1, -0.05) is 5.16 Å². The molecular formula is C13H9FN2O3. The second-order valence-corrected chi connectivity index (χ2v) is 4.19. The summed E-state index contributed by atoms with van der Waals surface area (Å²) < 4.78 is 18.2. The summed E-state index contributed by atoms with van der Waals surface area (Å²) in [7, 11) is 0. The normalized spacial score (nSPS) is 11.1. The minimum atomic E-state index is -1.12. The van der Waals surface area contributed by atoms with Crippen LogP contribution in [-0.4, -0.2) is 21.2 Å². The topological polar surface area (TPSA) is 79.1 Å². The number of rotatable bonds is 2. The molecule has 3 aromatic rings. The van der Waals surface area contributed by atoms with Gasteiger partial charge in [0.2, 0.25) is 0 Å². The lowest BCUT2D eigenvalue weighted by atomic mass is 10.1. The maximum atomic E-state index is 13.2. The van der Waals surface area contributed by atoms with Gasteiger partial charge in [-0.3, -0.25) is 0 Å². The number of hydrogen-bond acceptors (Lipinski definition) is 3. The number of aromatic nitrogens is 2. The number of aromatic carboxylic acids is 1. The Morgan fingerprint density at radius 2 is 2.26 bits per heavy atom. The molecule has 0 fully saturated rings. The predicted molar refractivity (Wildman–Crippen MR) is 65.5 cm³/mol. The maximum Gasteiger partial charge on any atom is 0.341 e. The molecule has 5 nitrogen and oxygen atoms in total. The third-order valence-electron chi connectivity index (χ3n) is 2.98. The highest BCUT2D eigenvalue weighted by Crippen LogP contribution is 2.34. The second kappa shape index (κ2) is 3.94. The number of nitrogens with zero attached hydrogens (tertiary/aromatic N) is 1. The molecule has 0 amide bonds. The maximum absolute atomic E-state index is 13.2. The van der Waals surface area contributed by atoms with Crippen LogP contribution in [-0.2, 0) is 0 Å². The van der Waals surface area contributed by atoms with E-state index in [1.807, 2.05) is 0 Å². The number of aryl methyl sites for hydroxylation is 1. The highest BCUT2D eigenvalue weighted by Gasteiger charge is 2.22. The Morgan fingerprint density at radius 3 is 3.00 bits per heavy atom. The van der Waals surface area contributed by atoms with Crippen molar-refractivity contribution < 1.29 is 18.8 Å². The molecule has 19 heavy (non-hydrogen) atoms. The molecule has 0 unspecified atom stereocenters. The fourth-order valence-electron chi connectivity index (χ4n) is 2.17. The van der Waals surface area contributed by atoms with Crippen LogP contribution in [0.2, 0.25) is 0 Å². The highest BCUT2D eigenvalue weighted by molar-refractivity contribution is 6.02. The summed E-state index contributed by atoms with van der Waals surface area (Å²) in [6, 6.07) is 4.25. The molecule has 0 aliphatic heterocycles. The monoisotopic (exact) mass is 260 g/mol. The lowest BCUT2D eigenvalue weighted by Crippen LogP contribution is -1.96. The van der Waals surface area contributed by atoms with Crippen molar-refractivity contribution in [2.75, 3.05) is 0 Å². The van der Waals surface area contributed by atoms with E-state index >= 15 is 0 Å². The zero-order chi connectivity index (χ0) is 13.6. The molecule has 1 aromatic carbocycles. The first-order chi connectivity index (χ1) is 9.08. The minimum absolute atomic E-state index is 0.0201. The van der Waals surface area contributed by atoms with Crippen molar-refractivity contribution in [1.29, 1.82) is 0 Å². The number of benzene rings is 1. The van der Waals surface area contributed by atoms with Crippen LogP contribution in [0.5, 0.6) is 0 Å². The number of aromatic amines is 1. The van der Waals surface area contributed by atoms with Gasteiger partial charge in [0.25, 0.3) is 0 Å². The lowest BCUT2D eigenvalue weighted by molar-refractivity contribution is 0.0697. The summed E-state index contributed by atoms with van der Waals surface area (Å²) in [6.07, 6.45) is 1.15. The number of H-pyrrole nitrogens is 1. The molecular weight excluding hydrogens is 251 g/mol. The van der Waals surface area contributed by atoms with Crippen molar-refractivity contribution in [1.82, 2.24) is 10.1 Å². The fourth-order valence-corrected chi connectivity index (χ4v) is 2.17. The first-order valence-corrected chi connectivity index (χ1v) is 5.54. The molecule has 0 spiro atoms. The molecule has 0 saturated heterocycles. The summed E-state index contributed by atoms with van der Waals surface area (Å²) in [5.74, 6) is -1.31. The van der Waals surface area contributed by atoms with Gasteiger partial charge in [0.05, 0.1) is 6.20 Å². The van der Waals surface area contributed by atoms with E-state index < -0.39 is 5.97 Å². The van der Waals surface area contributed by atoms with Gasteiger partial charge in [0, 0.05) is 22.2 Å². The summed E-state index contributed by atoms with van der Waals surface area (Å²) >= 11 is 0. The average molecular weight is 260 g/mol. The van der Waals surface area contributed by atoms with Crippen LogP contribution >= 0.6 is 0 Å². The molecule has 0 saturated carbocycles. The average Bonchev–Trinajstić information content (AvgIpc) is 2.91. The minimum Gasteiger partial charge on any atom is -0.477 e. The molecule has 0 aliphatic carbocycles. The van der Waals surface area contributed by atoms with Gasteiger partial charge in [-0.15, -0.1) is 0 Å². The van der Waals surface area contributed by atoms with Crippen molar-refractivity contribution in [2.24, 2.45) is 0 Å². The van der Waals surface area contributed by atoms with Crippen LogP contribution < -0.4 is 0 Å². The van der Waals surface area contributed by atoms with Crippen molar-refractivity contribution in [3.05, 3.63) is 41.5 Å². The first-order valence-electron chi connectivity index (χ1n) is 5.54. The SMILES string of the molecule is Cc1[nH]c2cc(F)ccc2c1-c1oncc1C(=O)O. The Labute approximate surface area is 106 Å². The van der Waals surface area contributed by atoms with E-state index in [0.29, 0.717) is 22.2 Å². The Balaban J connectivity index is 2.33. The molecule has 6 heteroatoms. The highest BCUT2D eigenvalue weighted by atomic mass is 19.1. The largest absolute Gasteiger partial charge is 0.477 e. The first kappa shape index (κ1) is 11.5. The van der Waals surface area contributed by atoms with Crippen molar-refractivity contribution >= 4 is 16.9 Å². The van der Waals surface area contributed by atoms with E-state index in [-0.39, 0.29) is 17.1 Å². The van der Waals surface area contributed by atoms with Gasteiger partial charge < -0.3 is 14.6 Å². The Kier molecular flexibility index (Phi) is 2.38. The Bertz CT molecular complexity index is 788. The molecule has 2 heterocycles. The van der Waals surface area contributed by atoms with Crippen LogP contribution in [0.3, 0.4) is 0 Å². The number of hydrogen-bond donors (Lipinski definition) is 2. The van der Waals surface area contributed by atoms with Crippen molar-refractivity contribution in [3.63, 3.8) is 0 Å². The van der Waals surface area contributed by atoms with Crippen LogP contribution in [0.15, 0.2) is 28.9 Å². The van der Waals surface area contributed by atoms with Gasteiger partial charge in [-0.05, 0) is 25.1 Å². The summed E-state index contributed by atoms with van der Waals surface area (Å²) in [4.78, 5) is 14.1. The van der Waals surface area contributed by atoms with E-state index in [1.54, 1.807) is 13.0 Å². The third-order valence-corrected chi connectivity index (χ3v) is 2.98. The summed E-state index contributed by atoms with van der Waals surface area (Å²) in [5.41, 5.74) is 1.85. The quantitative estimate of drug-likeness (QED) is 0.742. The standard InChI is InChI=1S/C13H9FN2O3/c1-6-11(12-9(13(17)18)5-15-19-12)8-3-2-7(14)4-10(8)16-6/h2-5,16H,1H3,(H,17,18). The fraction of sp³-hybridized carbons (Fsp3) is 0.0769. The van der Waals surface area contributed by atoms with Crippen molar-refractivity contribution in [3.8, 4) is 11.3 Å². The number of nitrogens with one attached hydrogen (secondary N) is 1. The van der Waals surface area contributed by atoms with Gasteiger partial charge in [-0.2, -0.15) is 0 Å². The lowest BCUT2D eigenvalue weighted by Gasteiger charge is -1.98. The molecule has 0 atom stereocenters. The van der Waals surface area contributed by atoms with Crippen LogP contribution in [0.1, 0.15) is 16.1 Å². The van der Waals surface area contributed by atoms with Crippen LogP contribution in [0, 0.1) is 12.7 Å². The third kappa shape index (κ3) is 1.69.